The average Bonchev–Trinajstić information content (AvgIpc) is 3.38. The van der Waals surface area contributed by atoms with Gasteiger partial charge in [0.1, 0.15) is 6.33 Å². The Labute approximate surface area is 153 Å². The zero-order chi connectivity index (χ0) is 17.8. The van der Waals surface area contributed by atoms with Gasteiger partial charge in [0.25, 0.3) is 5.91 Å². The fourth-order valence-electron chi connectivity index (χ4n) is 2.44. The Morgan fingerprint density at radius 2 is 1.96 bits per heavy atom. The Morgan fingerprint density at radius 3 is 2.77 bits per heavy atom. The fourth-order valence-corrected chi connectivity index (χ4v) is 3.11. The predicted molar refractivity (Wildman–Crippen MR) is 98.5 cm³/mol. The van der Waals surface area contributed by atoms with E-state index in [4.69, 9.17) is 4.52 Å². The van der Waals surface area contributed by atoms with E-state index in [-0.39, 0.29) is 18.1 Å². The van der Waals surface area contributed by atoms with E-state index >= 15 is 0 Å². The first-order valence-electron chi connectivity index (χ1n) is 7.95. The van der Waals surface area contributed by atoms with Gasteiger partial charge in [0.05, 0.1) is 22.8 Å². The molecule has 0 saturated carbocycles. The molecular weight excluding hydrogens is 348 g/mol. The van der Waals surface area contributed by atoms with E-state index in [9.17, 15) is 4.79 Å². The van der Waals surface area contributed by atoms with Crippen molar-refractivity contribution in [2.75, 3.05) is 0 Å². The number of nitrogens with zero attached hydrogens (tertiary/aromatic N) is 3. The second-order valence-electron chi connectivity index (χ2n) is 5.50. The molecule has 3 heterocycles. The summed E-state index contributed by atoms with van der Waals surface area (Å²) in [6, 6.07) is 17.1. The topological polar surface area (TPSA) is 80.9 Å². The molecule has 0 unspecified atom stereocenters. The fraction of sp³-hybridized carbons (Fsp3) is 0.0526. The molecule has 0 aliphatic rings. The minimum Gasteiger partial charge on any atom is -0.355 e. The Morgan fingerprint density at radius 1 is 1.08 bits per heavy atom. The zero-order valence-corrected chi connectivity index (χ0v) is 14.4. The van der Waals surface area contributed by atoms with E-state index in [2.05, 4.69) is 20.4 Å². The van der Waals surface area contributed by atoms with E-state index in [0.717, 1.165) is 16.1 Å². The number of hydrogen-bond donors (Lipinski definition) is 1. The van der Waals surface area contributed by atoms with Gasteiger partial charge in [-0.3, -0.25) is 4.79 Å². The monoisotopic (exact) mass is 362 g/mol. The van der Waals surface area contributed by atoms with Gasteiger partial charge in [0.15, 0.2) is 11.5 Å². The van der Waals surface area contributed by atoms with Crippen LogP contribution in [-0.4, -0.2) is 21.0 Å². The summed E-state index contributed by atoms with van der Waals surface area (Å²) in [7, 11) is 0. The zero-order valence-electron chi connectivity index (χ0n) is 13.6. The van der Waals surface area contributed by atoms with Crippen LogP contribution in [0.2, 0.25) is 0 Å². The lowest BCUT2D eigenvalue weighted by Crippen LogP contribution is -2.23. The molecule has 0 radical (unpaired) electrons. The van der Waals surface area contributed by atoms with Gasteiger partial charge < -0.3 is 9.84 Å². The molecule has 3 aromatic heterocycles. The van der Waals surface area contributed by atoms with Crippen molar-refractivity contribution in [3.8, 4) is 21.9 Å². The van der Waals surface area contributed by atoms with E-state index in [0.29, 0.717) is 11.5 Å². The summed E-state index contributed by atoms with van der Waals surface area (Å²) in [5.74, 6) is 0.273. The van der Waals surface area contributed by atoms with Crippen molar-refractivity contribution in [2.45, 2.75) is 6.54 Å². The molecule has 6 nitrogen and oxygen atoms in total. The Bertz CT molecular complexity index is 1010. The van der Waals surface area contributed by atoms with Gasteiger partial charge in [-0.1, -0.05) is 41.6 Å². The third kappa shape index (κ3) is 3.52. The molecule has 1 amide bonds. The summed E-state index contributed by atoms with van der Waals surface area (Å²) in [5.41, 5.74) is 2.77. The molecule has 0 fully saturated rings. The van der Waals surface area contributed by atoms with Crippen LogP contribution in [0.3, 0.4) is 0 Å². The number of carbonyl (C=O) groups is 1. The molecule has 7 heteroatoms. The lowest BCUT2D eigenvalue weighted by atomic mass is 10.1. The van der Waals surface area contributed by atoms with E-state index in [1.54, 1.807) is 6.07 Å². The highest BCUT2D eigenvalue weighted by molar-refractivity contribution is 7.13. The van der Waals surface area contributed by atoms with Gasteiger partial charge in [0.2, 0.25) is 0 Å². The Balaban J connectivity index is 1.43. The molecule has 4 rings (SSSR count). The number of amides is 1. The molecule has 0 bridgehead atoms. The number of thiophene rings is 1. The molecule has 0 atom stereocenters. The highest BCUT2D eigenvalue weighted by Crippen LogP contribution is 2.25. The van der Waals surface area contributed by atoms with Gasteiger partial charge in [-0.25, -0.2) is 9.97 Å². The van der Waals surface area contributed by atoms with Gasteiger partial charge in [-0.15, -0.1) is 11.3 Å². The third-order valence-electron chi connectivity index (χ3n) is 3.73. The third-order valence-corrected chi connectivity index (χ3v) is 4.61. The second-order valence-corrected chi connectivity index (χ2v) is 6.44. The number of benzene rings is 1. The highest BCUT2D eigenvalue weighted by Gasteiger charge is 2.14. The van der Waals surface area contributed by atoms with Crippen LogP contribution >= 0.6 is 11.3 Å². The first-order valence-corrected chi connectivity index (χ1v) is 8.83. The standard InChI is InChI=1S/C19H14N4O2S/c24-19(16-10-17(25-23-16)18-7-4-8-26-18)20-11-14-9-15(22-12-21-14)13-5-2-1-3-6-13/h1-10,12H,11H2,(H,20,24). The highest BCUT2D eigenvalue weighted by atomic mass is 32.1. The van der Waals surface area contributed by atoms with E-state index in [1.807, 2.05) is 53.9 Å². The lowest BCUT2D eigenvalue weighted by molar-refractivity contribution is 0.0941. The van der Waals surface area contributed by atoms with Crippen LogP contribution in [0.15, 0.2) is 70.8 Å². The summed E-state index contributed by atoms with van der Waals surface area (Å²) < 4.78 is 5.23. The molecule has 0 saturated heterocycles. The number of hydrogen-bond acceptors (Lipinski definition) is 6. The molecule has 4 aromatic rings. The minimum atomic E-state index is -0.309. The summed E-state index contributed by atoms with van der Waals surface area (Å²) in [4.78, 5) is 21.7. The van der Waals surface area contributed by atoms with E-state index in [1.165, 1.54) is 17.7 Å². The van der Waals surface area contributed by atoms with Crippen LogP contribution in [0.4, 0.5) is 0 Å². The number of carbonyl (C=O) groups excluding carboxylic acids is 1. The molecule has 0 aliphatic carbocycles. The number of rotatable bonds is 5. The molecule has 0 aliphatic heterocycles. The van der Waals surface area contributed by atoms with Crippen LogP contribution in [0.1, 0.15) is 16.2 Å². The maximum atomic E-state index is 12.3. The molecule has 1 N–H and O–H groups in total. The maximum absolute atomic E-state index is 12.3. The number of aromatic nitrogens is 3. The first kappa shape index (κ1) is 16.2. The van der Waals surface area contributed by atoms with Gasteiger partial charge in [0, 0.05) is 11.6 Å². The summed E-state index contributed by atoms with van der Waals surface area (Å²) in [6.45, 7) is 0.280. The smallest absolute Gasteiger partial charge is 0.273 e. The minimum absolute atomic E-state index is 0.241. The Hall–Kier alpha value is -3.32. The molecule has 1 aromatic carbocycles. The molecule has 26 heavy (non-hydrogen) atoms. The van der Waals surface area contributed by atoms with Crippen molar-refractivity contribution in [1.82, 2.24) is 20.4 Å². The van der Waals surface area contributed by atoms with Crippen molar-refractivity contribution in [2.24, 2.45) is 0 Å². The maximum Gasteiger partial charge on any atom is 0.273 e. The Kier molecular flexibility index (Phi) is 4.53. The van der Waals surface area contributed by atoms with Crippen molar-refractivity contribution in [3.05, 3.63) is 77.7 Å². The van der Waals surface area contributed by atoms with Gasteiger partial charge >= 0.3 is 0 Å². The number of nitrogens with one attached hydrogen (secondary N) is 1. The lowest BCUT2D eigenvalue weighted by Gasteiger charge is -2.05. The van der Waals surface area contributed by atoms with Crippen molar-refractivity contribution >= 4 is 17.2 Å². The van der Waals surface area contributed by atoms with Crippen LogP contribution < -0.4 is 5.32 Å². The van der Waals surface area contributed by atoms with Gasteiger partial charge in [-0.2, -0.15) is 0 Å². The molecule has 0 spiro atoms. The quantitative estimate of drug-likeness (QED) is 0.584. The van der Waals surface area contributed by atoms with Crippen molar-refractivity contribution in [1.29, 1.82) is 0 Å². The largest absolute Gasteiger partial charge is 0.355 e. The second kappa shape index (κ2) is 7.28. The summed E-state index contributed by atoms with van der Waals surface area (Å²) in [6.07, 6.45) is 1.49. The SMILES string of the molecule is O=C(NCc1cc(-c2ccccc2)ncn1)c1cc(-c2cccs2)on1. The molecule has 128 valence electrons. The molecular formula is C19H14N4O2S. The average molecular weight is 362 g/mol. The summed E-state index contributed by atoms with van der Waals surface area (Å²) in [5, 5.41) is 8.58. The van der Waals surface area contributed by atoms with Crippen molar-refractivity contribution in [3.63, 3.8) is 0 Å². The predicted octanol–water partition coefficient (Wildman–Crippen LogP) is 3.79. The van der Waals surface area contributed by atoms with Crippen LogP contribution in [0.25, 0.3) is 21.9 Å². The normalized spacial score (nSPS) is 10.6. The summed E-state index contributed by atoms with van der Waals surface area (Å²) >= 11 is 1.53. The van der Waals surface area contributed by atoms with Crippen molar-refractivity contribution < 1.29 is 9.32 Å². The first-order chi connectivity index (χ1) is 12.8. The van der Waals surface area contributed by atoms with E-state index < -0.39 is 0 Å². The van der Waals surface area contributed by atoms with Crippen LogP contribution in [0, 0.1) is 0 Å². The van der Waals surface area contributed by atoms with Crippen LogP contribution in [-0.2, 0) is 6.54 Å². The van der Waals surface area contributed by atoms with Crippen LogP contribution in [0.5, 0.6) is 0 Å². The van der Waals surface area contributed by atoms with Gasteiger partial charge in [-0.05, 0) is 17.5 Å².